The van der Waals surface area contributed by atoms with Gasteiger partial charge in [-0.25, -0.2) is 4.79 Å². The maximum atomic E-state index is 10.7. The van der Waals surface area contributed by atoms with Gasteiger partial charge in [0.1, 0.15) is 5.75 Å². The Morgan fingerprint density at radius 1 is 1.50 bits per heavy atom. The normalized spacial score (nSPS) is 9.64. The molecule has 1 N–H and O–H groups in total. The number of benzene rings is 1. The van der Waals surface area contributed by atoms with E-state index in [0.29, 0.717) is 5.69 Å². The second-order valence-corrected chi connectivity index (χ2v) is 2.99. The van der Waals surface area contributed by atoms with Gasteiger partial charge in [-0.2, -0.15) is 0 Å². The molecule has 1 aromatic rings. The van der Waals surface area contributed by atoms with E-state index in [1.165, 1.54) is 11.9 Å². The number of carbonyl (C=O) groups is 1. The molecule has 4 nitrogen and oxygen atoms in total. The molecule has 0 spiro atoms. The fourth-order valence-corrected chi connectivity index (χ4v) is 1.23. The maximum absolute atomic E-state index is 10.7. The van der Waals surface area contributed by atoms with Crippen molar-refractivity contribution in [1.29, 1.82) is 0 Å². The maximum Gasteiger partial charge on any atom is 0.411 e. The smallest absolute Gasteiger partial charge is 0.411 e. The molecule has 0 radical (unpaired) electrons. The quantitative estimate of drug-likeness (QED) is 0.786. The first-order chi connectivity index (χ1) is 6.56. The van der Waals surface area contributed by atoms with E-state index in [4.69, 9.17) is 9.84 Å². The molecule has 0 aliphatic heterocycles. The topological polar surface area (TPSA) is 49.8 Å². The molecule has 0 atom stereocenters. The number of anilines is 1. The summed E-state index contributed by atoms with van der Waals surface area (Å²) in [6, 6.07) is 5.26. The number of carboxylic acid groups (broad SMARTS) is 1. The minimum absolute atomic E-state index is 0.665. The van der Waals surface area contributed by atoms with Gasteiger partial charge in [-0.05, 0) is 30.7 Å². The van der Waals surface area contributed by atoms with E-state index in [9.17, 15) is 4.79 Å². The van der Waals surface area contributed by atoms with Crippen molar-refractivity contribution in [2.45, 2.75) is 6.92 Å². The molecule has 0 saturated heterocycles. The van der Waals surface area contributed by atoms with Crippen molar-refractivity contribution >= 4 is 11.8 Å². The van der Waals surface area contributed by atoms with Crippen LogP contribution in [0.15, 0.2) is 18.2 Å². The van der Waals surface area contributed by atoms with Crippen molar-refractivity contribution in [3.63, 3.8) is 0 Å². The number of methoxy groups -OCH3 is 1. The lowest BCUT2D eigenvalue weighted by molar-refractivity contribution is 0.203. The average molecular weight is 195 g/mol. The number of nitrogens with zero attached hydrogens (tertiary/aromatic N) is 1. The van der Waals surface area contributed by atoms with Crippen LogP contribution in [0.4, 0.5) is 10.5 Å². The van der Waals surface area contributed by atoms with Gasteiger partial charge in [0.05, 0.1) is 7.11 Å². The lowest BCUT2D eigenvalue weighted by Gasteiger charge is -2.16. The van der Waals surface area contributed by atoms with Crippen molar-refractivity contribution in [3.05, 3.63) is 23.8 Å². The van der Waals surface area contributed by atoms with Crippen LogP contribution in [0.2, 0.25) is 0 Å². The zero-order chi connectivity index (χ0) is 10.7. The summed E-state index contributed by atoms with van der Waals surface area (Å²) in [5.74, 6) is 0.727. The summed E-state index contributed by atoms with van der Waals surface area (Å²) in [4.78, 5) is 11.9. The second-order valence-electron chi connectivity index (χ2n) is 2.99. The highest BCUT2D eigenvalue weighted by Gasteiger charge is 2.10. The fourth-order valence-electron chi connectivity index (χ4n) is 1.23. The molecule has 76 valence electrons. The molecule has 0 aliphatic carbocycles. The number of rotatable bonds is 2. The van der Waals surface area contributed by atoms with Crippen molar-refractivity contribution in [2.75, 3.05) is 19.1 Å². The Morgan fingerprint density at radius 2 is 2.14 bits per heavy atom. The van der Waals surface area contributed by atoms with Crippen molar-refractivity contribution in [1.82, 2.24) is 0 Å². The molecule has 0 aromatic heterocycles. The zero-order valence-corrected chi connectivity index (χ0v) is 8.44. The van der Waals surface area contributed by atoms with Gasteiger partial charge >= 0.3 is 6.09 Å². The standard InChI is InChI=1S/C10H13NO3/c1-7-6-8(14-3)4-5-9(7)11(2)10(12)13/h4-6H,1-3H3,(H,12,13). The number of amides is 1. The second kappa shape index (κ2) is 4.00. The van der Waals surface area contributed by atoms with Crippen LogP contribution in [0, 0.1) is 6.92 Å². The lowest BCUT2D eigenvalue weighted by Crippen LogP contribution is -2.24. The predicted molar refractivity (Wildman–Crippen MR) is 54.2 cm³/mol. The molecule has 4 heteroatoms. The van der Waals surface area contributed by atoms with Crippen LogP contribution < -0.4 is 9.64 Å². The first-order valence-electron chi connectivity index (χ1n) is 4.17. The first-order valence-corrected chi connectivity index (χ1v) is 4.17. The van der Waals surface area contributed by atoms with Crippen LogP contribution >= 0.6 is 0 Å². The highest BCUT2D eigenvalue weighted by atomic mass is 16.5. The van der Waals surface area contributed by atoms with Gasteiger partial charge in [0.25, 0.3) is 0 Å². The Balaban J connectivity index is 3.05. The average Bonchev–Trinajstić information content (AvgIpc) is 2.16. The van der Waals surface area contributed by atoms with Gasteiger partial charge in [-0.3, -0.25) is 4.90 Å². The van der Waals surface area contributed by atoms with Crippen molar-refractivity contribution in [2.24, 2.45) is 0 Å². The molecular weight excluding hydrogens is 182 g/mol. The minimum Gasteiger partial charge on any atom is -0.497 e. The van der Waals surface area contributed by atoms with E-state index in [-0.39, 0.29) is 0 Å². The minimum atomic E-state index is -0.974. The van der Waals surface area contributed by atoms with Gasteiger partial charge in [-0.15, -0.1) is 0 Å². The Hall–Kier alpha value is -1.71. The number of ether oxygens (including phenoxy) is 1. The van der Waals surface area contributed by atoms with Crippen LogP contribution in [0.5, 0.6) is 5.75 Å². The summed E-state index contributed by atoms with van der Waals surface area (Å²) in [7, 11) is 3.09. The SMILES string of the molecule is COc1ccc(N(C)C(=O)O)c(C)c1. The van der Waals surface area contributed by atoms with E-state index >= 15 is 0 Å². The van der Waals surface area contributed by atoms with Crippen LogP contribution in [0.3, 0.4) is 0 Å². The third kappa shape index (κ3) is 1.96. The zero-order valence-electron chi connectivity index (χ0n) is 8.44. The summed E-state index contributed by atoms with van der Waals surface area (Å²) in [5.41, 5.74) is 1.53. The molecule has 0 saturated carbocycles. The Morgan fingerprint density at radius 3 is 2.57 bits per heavy atom. The molecule has 14 heavy (non-hydrogen) atoms. The highest BCUT2D eigenvalue weighted by Crippen LogP contribution is 2.23. The van der Waals surface area contributed by atoms with E-state index in [1.807, 2.05) is 6.92 Å². The van der Waals surface area contributed by atoms with E-state index in [2.05, 4.69) is 0 Å². The molecule has 0 unspecified atom stereocenters. The Bertz CT molecular complexity index is 349. The third-order valence-electron chi connectivity index (χ3n) is 2.05. The van der Waals surface area contributed by atoms with Crippen LogP contribution in [-0.2, 0) is 0 Å². The molecule has 0 bridgehead atoms. The van der Waals surface area contributed by atoms with E-state index in [1.54, 1.807) is 25.3 Å². The van der Waals surface area contributed by atoms with Gasteiger partial charge in [0.15, 0.2) is 0 Å². The van der Waals surface area contributed by atoms with Crippen molar-refractivity contribution in [3.8, 4) is 5.75 Å². The van der Waals surface area contributed by atoms with Crippen molar-refractivity contribution < 1.29 is 14.6 Å². The molecule has 1 amide bonds. The number of aryl methyl sites for hydroxylation is 1. The molecule has 1 rings (SSSR count). The van der Waals surface area contributed by atoms with Gasteiger partial charge in [-0.1, -0.05) is 0 Å². The molecular formula is C10H13NO3. The van der Waals surface area contributed by atoms with Crippen LogP contribution in [-0.4, -0.2) is 25.4 Å². The molecule has 1 aromatic carbocycles. The van der Waals surface area contributed by atoms with E-state index < -0.39 is 6.09 Å². The van der Waals surface area contributed by atoms with Crippen LogP contribution in [0.1, 0.15) is 5.56 Å². The van der Waals surface area contributed by atoms with Crippen LogP contribution in [0.25, 0.3) is 0 Å². The molecule has 0 heterocycles. The fraction of sp³-hybridized carbons (Fsp3) is 0.300. The van der Waals surface area contributed by atoms with Gasteiger partial charge in [0.2, 0.25) is 0 Å². The van der Waals surface area contributed by atoms with Gasteiger partial charge in [0, 0.05) is 12.7 Å². The summed E-state index contributed by atoms with van der Waals surface area (Å²) < 4.78 is 5.02. The lowest BCUT2D eigenvalue weighted by atomic mass is 10.2. The molecule has 0 aliphatic rings. The summed E-state index contributed by atoms with van der Waals surface area (Å²) in [6.07, 6.45) is -0.974. The summed E-state index contributed by atoms with van der Waals surface area (Å²) in [5, 5.41) is 8.78. The predicted octanol–water partition coefficient (Wildman–Crippen LogP) is 2.12. The number of hydrogen-bond donors (Lipinski definition) is 1. The largest absolute Gasteiger partial charge is 0.497 e. The third-order valence-corrected chi connectivity index (χ3v) is 2.05. The first kappa shape index (κ1) is 10.4. The summed E-state index contributed by atoms with van der Waals surface area (Å²) in [6.45, 7) is 1.84. The Labute approximate surface area is 82.7 Å². The van der Waals surface area contributed by atoms with E-state index in [0.717, 1.165) is 11.3 Å². The molecule has 0 fully saturated rings. The Kier molecular flexibility index (Phi) is 2.96. The van der Waals surface area contributed by atoms with Gasteiger partial charge < -0.3 is 9.84 Å². The summed E-state index contributed by atoms with van der Waals surface area (Å²) >= 11 is 0. The number of hydrogen-bond acceptors (Lipinski definition) is 2. The highest BCUT2D eigenvalue weighted by molar-refractivity contribution is 5.86. The monoisotopic (exact) mass is 195 g/mol.